The van der Waals surface area contributed by atoms with Crippen molar-refractivity contribution in [2.45, 2.75) is 32.4 Å². The second-order valence-corrected chi connectivity index (χ2v) is 5.06. The smallest absolute Gasteiger partial charge is 0.242 e. The highest BCUT2D eigenvalue weighted by Crippen LogP contribution is 2.23. The van der Waals surface area contributed by atoms with Gasteiger partial charge >= 0.3 is 0 Å². The summed E-state index contributed by atoms with van der Waals surface area (Å²) >= 11 is 0. The summed E-state index contributed by atoms with van der Waals surface area (Å²) in [6.45, 7) is 6.18. The Balaban J connectivity index is 2.88. The van der Waals surface area contributed by atoms with Gasteiger partial charge in [0.1, 0.15) is 11.3 Å². The molecule has 21 heavy (non-hydrogen) atoms. The quantitative estimate of drug-likeness (QED) is 0.331. The summed E-state index contributed by atoms with van der Waals surface area (Å²) < 4.78 is 5.56. The lowest BCUT2D eigenvalue weighted by Crippen LogP contribution is -2.51. The van der Waals surface area contributed by atoms with Gasteiger partial charge in [0.25, 0.3) is 0 Å². The van der Waals surface area contributed by atoms with Crippen molar-refractivity contribution in [3.8, 4) is 5.75 Å². The SMILES string of the molecule is CC(C)Oc1ccc(C(C)(NCCN=[N+]=[N-])C(N)=O)cc1. The zero-order valence-corrected chi connectivity index (χ0v) is 12.5. The van der Waals surface area contributed by atoms with Crippen molar-refractivity contribution in [2.24, 2.45) is 10.8 Å². The first-order valence-corrected chi connectivity index (χ1v) is 6.73. The first kappa shape index (κ1) is 16.8. The van der Waals surface area contributed by atoms with Gasteiger partial charge in [0, 0.05) is 18.0 Å². The molecule has 0 fully saturated rings. The highest BCUT2D eigenvalue weighted by molar-refractivity contribution is 5.85. The van der Waals surface area contributed by atoms with Crippen LogP contribution in [0.15, 0.2) is 29.4 Å². The van der Waals surface area contributed by atoms with Crippen LogP contribution in [0.3, 0.4) is 0 Å². The monoisotopic (exact) mass is 291 g/mol. The largest absolute Gasteiger partial charge is 0.491 e. The van der Waals surface area contributed by atoms with E-state index in [1.165, 1.54) is 0 Å². The Labute approximate surface area is 124 Å². The lowest BCUT2D eigenvalue weighted by atomic mass is 9.91. The van der Waals surface area contributed by atoms with Gasteiger partial charge in [-0.25, -0.2) is 0 Å². The van der Waals surface area contributed by atoms with Crippen molar-refractivity contribution < 1.29 is 9.53 Å². The van der Waals surface area contributed by atoms with Crippen molar-refractivity contribution in [1.29, 1.82) is 0 Å². The molecule has 0 aliphatic carbocycles. The number of hydrogen-bond acceptors (Lipinski definition) is 4. The minimum absolute atomic E-state index is 0.0837. The van der Waals surface area contributed by atoms with E-state index in [0.29, 0.717) is 6.54 Å². The fraction of sp³-hybridized carbons (Fsp3) is 0.500. The zero-order valence-electron chi connectivity index (χ0n) is 12.5. The molecule has 0 aliphatic rings. The molecular weight excluding hydrogens is 270 g/mol. The van der Waals surface area contributed by atoms with Gasteiger partial charge < -0.3 is 10.5 Å². The molecule has 7 heteroatoms. The highest BCUT2D eigenvalue weighted by atomic mass is 16.5. The van der Waals surface area contributed by atoms with Gasteiger partial charge in [-0.2, -0.15) is 0 Å². The van der Waals surface area contributed by atoms with Crippen LogP contribution >= 0.6 is 0 Å². The van der Waals surface area contributed by atoms with Crippen LogP contribution < -0.4 is 15.8 Å². The van der Waals surface area contributed by atoms with Gasteiger partial charge in [-0.15, -0.1) is 0 Å². The normalized spacial score (nSPS) is 13.3. The minimum atomic E-state index is -1.03. The van der Waals surface area contributed by atoms with Crippen molar-refractivity contribution in [1.82, 2.24) is 5.32 Å². The molecule has 0 aliphatic heterocycles. The summed E-state index contributed by atoms with van der Waals surface area (Å²) in [6, 6.07) is 7.18. The van der Waals surface area contributed by atoms with E-state index in [-0.39, 0.29) is 12.6 Å². The molecule has 7 nitrogen and oxygen atoms in total. The third-order valence-corrected chi connectivity index (χ3v) is 3.05. The molecule has 0 aromatic heterocycles. The molecule has 0 spiro atoms. The average molecular weight is 291 g/mol. The van der Waals surface area contributed by atoms with E-state index < -0.39 is 11.4 Å². The molecule has 114 valence electrons. The number of ether oxygens (including phenoxy) is 1. The van der Waals surface area contributed by atoms with E-state index >= 15 is 0 Å². The van der Waals surface area contributed by atoms with Crippen LogP contribution in [-0.2, 0) is 10.3 Å². The van der Waals surface area contributed by atoms with Crippen LogP contribution in [0.5, 0.6) is 5.75 Å². The number of carbonyl (C=O) groups is 1. The van der Waals surface area contributed by atoms with Crippen LogP contribution in [0.2, 0.25) is 0 Å². The Morgan fingerprint density at radius 2 is 2.10 bits per heavy atom. The Morgan fingerprint density at radius 1 is 1.48 bits per heavy atom. The molecule has 1 atom stereocenters. The number of primary amides is 1. The minimum Gasteiger partial charge on any atom is -0.491 e. The Hall–Kier alpha value is -2.24. The third kappa shape index (κ3) is 4.66. The van der Waals surface area contributed by atoms with Crippen molar-refractivity contribution in [3.05, 3.63) is 40.3 Å². The van der Waals surface area contributed by atoms with Crippen LogP contribution in [0, 0.1) is 0 Å². The molecule has 1 amide bonds. The Morgan fingerprint density at radius 3 is 2.57 bits per heavy atom. The first-order valence-electron chi connectivity index (χ1n) is 6.73. The van der Waals surface area contributed by atoms with Gasteiger partial charge in [0.15, 0.2) is 0 Å². The van der Waals surface area contributed by atoms with Crippen LogP contribution in [0.25, 0.3) is 10.4 Å². The maximum Gasteiger partial charge on any atom is 0.242 e. The Bertz CT molecular complexity index is 523. The van der Waals surface area contributed by atoms with Gasteiger partial charge in [-0.1, -0.05) is 17.2 Å². The van der Waals surface area contributed by atoms with Crippen LogP contribution in [-0.4, -0.2) is 25.1 Å². The standard InChI is InChI=1S/C14H21N5O2/c1-10(2)21-12-6-4-11(5-7-12)14(3,13(15)20)17-8-9-18-19-16/h4-7,10,17H,8-9H2,1-3H3,(H2,15,20). The summed E-state index contributed by atoms with van der Waals surface area (Å²) in [7, 11) is 0. The molecule has 0 radical (unpaired) electrons. The fourth-order valence-electron chi connectivity index (χ4n) is 1.87. The predicted octanol–water partition coefficient (Wildman–Crippen LogP) is 2.07. The lowest BCUT2D eigenvalue weighted by Gasteiger charge is -2.28. The third-order valence-electron chi connectivity index (χ3n) is 3.05. The molecule has 1 aromatic carbocycles. The summed E-state index contributed by atoms with van der Waals surface area (Å²) in [5, 5.41) is 6.45. The molecule has 1 unspecified atom stereocenters. The van der Waals surface area contributed by atoms with E-state index in [2.05, 4.69) is 15.3 Å². The number of amides is 1. The van der Waals surface area contributed by atoms with Crippen molar-refractivity contribution in [2.75, 3.05) is 13.1 Å². The zero-order chi connectivity index (χ0) is 15.9. The van der Waals surface area contributed by atoms with Gasteiger partial charge in [0.2, 0.25) is 5.91 Å². The molecule has 1 aromatic rings. The summed E-state index contributed by atoms with van der Waals surface area (Å²) in [6.07, 6.45) is 0.0837. The topological polar surface area (TPSA) is 113 Å². The van der Waals surface area contributed by atoms with Crippen molar-refractivity contribution >= 4 is 5.91 Å². The molecule has 0 bridgehead atoms. The highest BCUT2D eigenvalue weighted by Gasteiger charge is 2.32. The molecule has 0 saturated heterocycles. The van der Waals surface area contributed by atoms with Crippen molar-refractivity contribution in [3.63, 3.8) is 0 Å². The lowest BCUT2D eigenvalue weighted by molar-refractivity contribution is -0.124. The van der Waals surface area contributed by atoms with E-state index in [0.717, 1.165) is 11.3 Å². The maximum atomic E-state index is 11.8. The van der Waals surface area contributed by atoms with E-state index in [9.17, 15) is 4.79 Å². The van der Waals surface area contributed by atoms with Crippen LogP contribution in [0.1, 0.15) is 26.3 Å². The number of nitrogens with one attached hydrogen (secondary N) is 1. The summed E-state index contributed by atoms with van der Waals surface area (Å²) in [5.41, 5.74) is 13.5. The van der Waals surface area contributed by atoms with E-state index in [1.807, 2.05) is 13.8 Å². The number of benzene rings is 1. The fourth-order valence-corrected chi connectivity index (χ4v) is 1.87. The molecule has 0 heterocycles. The molecule has 3 N–H and O–H groups in total. The second-order valence-electron chi connectivity index (χ2n) is 5.06. The summed E-state index contributed by atoms with van der Waals surface area (Å²) in [4.78, 5) is 14.4. The number of hydrogen-bond donors (Lipinski definition) is 2. The maximum absolute atomic E-state index is 11.8. The molecule has 1 rings (SSSR count). The van der Waals surface area contributed by atoms with Gasteiger partial charge in [-0.3, -0.25) is 10.1 Å². The average Bonchev–Trinajstić information content (AvgIpc) is 2.43. The van der Waals surface area contributed by atoms with E-state index in [1.54, 1.807) is 31.2 Å². The van der Waals surface area contributed by atoms with Gasteiger partial charge in [-0.05, 0) is 44.0 Å². The van der Waals surface area contributed by atoms with E-state index in [4.69, 9.17) is 16.0 Å². The predicted molar refractivity (Wildman–Crippen MR) is 80.8 cm³/mol. The number of nitrogens with two attached hydrogens (primary N) is 1. The Kier molecular flexibility index (Phi) is 6.02. The number of rotatable bonds is 8. The first-order chi connectivity index (χ1) is 9.90. The molecule has 0 saturated carbocycles. The number of azide groups is 1. The molecular formula is C14H21N5O2. The number of nitrogens with zero attached hydrogens (tertiary/aromatic N) is 3. The van der Waals surface area contributed by atoms with Gasteiger partial charge in [0.05, 0.1) is 6.10 Å². The second kappa shape index (κ2) is 7.52. The van der Waals surface area contributed by atoms with Crippen LogP contribution in [0.4, 0.5) is 0 Å². The summed E-state index contributed by atoms with van der Waals surface area (Å²) in [5.74, 6) is 0.232. The number of carbonyl (C=O) groups excluding carboxylic acids is 1.